The zero-order chi connectivity index (χ0) is 16.7. The number of hydrogen-bond acceptors (Lipinski definition) is 2. The van der Waals surface area contributed by atoms with Gasteiger partial charge < -0.3 is 9.47 Å². The minimum absolute atomic E-state index is 0.343. The quantitative estimate of drug-likeness (QED) is 0.232. The van der Waals surface area contributed by atoms with Gasteiger partial charge in [0, 0.05) is 25.6 Å². The SMILES string of the molecule is CCCCCCCCC(C)C(CCC)(OCCC)OCCC. The minimum Gasteiger partial charge on any atom is -0.350 e. The third kappa shape index (κ3) is 9.15. The monoisotopic (exact) mass is 314 g/mol. The predicted octanol–water partition coefficient (Wildman–Crippen LogP) is 6.72. The van der Waals surface area contributed by atoms with Crippen molar-refractivity contribution in [2.45, 2.75) is 111 Å². The smallest absolute Gasteiger partial charge is 0.170 e. The first-order valence-electron chi connectivity index (χ1n) is 9.94. The van der Waals surface area contributed by atoms with Crippen LogP contribution in [0.5, 0.6) is 0 Å². The molecule has 22 heavy (non-hydrogen) atoms. The molecule has 134 valence electrons. The van der Waals surface area contributed by atoms with E-state index in [0.717, 1.165) is 38.9 Å². The van der Waals surface area contributed by atoms with Crippen LogP contribution in [0.1, 0.15) is 105 Å². The molecule has 0 heterocycles. The van der Waals surface area contributed by atoms with Gasteiger partial charge in [-0.05, 0) is 19.3 Å². The highest BCUT2D eigenvalue weighted by molar-refractivity contribution is 4.77. The fraction of sp³-hybridized carbons (Fsp3) is 1.00. The maximum atomic E-state index is 6.26. The Morgan fingerprint density at radius 2 is 1.23 bits per heavy atom. The van der Waals surface area contributed by atoms with Crippen molar-refractivity contribution in [2.75, 3.05) is 13.2 Å². The molecule has 0 aromatic rings. The summed E-state index contributed by atoms with van der Waals surface area (Å²) >= 11 is 0. The summed E-state index contributed by atoms with van der Waals surface area (Å²) < 4.78 is 12.5. The number of hydrogen-bond donors (Lipinski definition) is 0. The van der Waals surface area contributed by atoms with E-state index in [-0.39, 0.29) is 5.79 Å². The minimum atomic E-state index is -0.343. The molecule has 0 fully saturated rings. The first kappa shape index (κ1) is 21.9. The van der Waals surface area contributed by atoms with Gasteiger partial charge in [-0.15, -0.1) is 0 Å². The van der Waals surface area contributed by atoms with Crippen molar-refractivity contribution in [3.8, 4) is 0 Å². The van der Waals surface area contributed by atoms with Gasteiger partial charge in [-0.2, -0.15) is 0 Å². The van der Waals surface area contributed by atoms with Crippen LogP contribution in [-0.4, -0.2) is 19.0 Å². The van der Waals surface area contributed by atoms with Crippen LogP contribution in [0.4, 0.5) is 0 Å². The van der Waals surface area contributed by atoms with E-state index in [9.17, 15) is 0 Å². The predicted molar refractivity (Wildman–Crippen MR) is 97.3 cm³/mol. The van der Waals surface area contributed by atoms with Gasteiger partial charge >= 0.3 is 0 Å². The summed E-state index contributed by atoms with van der Waals surface area (Å²) in [6, 6.07) is 0. The lowest BCUT2D eigenvalue weighted by Crippen LogP contribution is -2.43. The normalized spacial score (nSPS) is 13.5. The van der Waals surface area contributed by atoms with E-state index in [0.29, 0.717) is 5.92 Å². The summed E-state index contributed by atoms with van der Waals surface area (Å²) in [5.74, 6) is 0.140. The van der Waals surface area contributed by atoms with Crippen molar-refractivity contribution < 1.29 is 9.47 Å². The van der Waals surface area contributed by atoms with Crippen LogP contribution in [0.3, 0.4) is 0 Å². The highest BCUT2D eigenvalue weighted by atomic mass is 16.7. The molecule has 0 saturated carbocycles. The Bertz CT molecular complexity index is 220. The molecule has 0 aromatic heterocycles. The standard InChI is InChI=1S/C20H42O2/c1-6-10-11-12-13-14-15-19(5)20(16-7-2,21-17-8-3)22-18-9-4/h19H,6-18H2,1-5H3. The fourth-order valence-corrected chi connectivity index (χ4v) is 3.07. The summed E-state index contributed by atoms with van der Waals surface area (Å²) in [6.45, 7) is 12.8. The van der Waals surface area contributed by atoms with Crippen LogP contribution >= 0.6 is 0 Å². The first-order valence-corrected chi connectivity index (χ1v) is 9.94. The van der Waals surface area contributed by atoms with Gasteiger partial charge in [0.1, 0.15) is 0 Å². The van der Waals surface area contributed by atoms with Gasteiger partial charge in [-0.25, -0.2) is 0 Å². The zero-order valence-electron chi connectivity index (χ0n) is 16.1. The van der Waals surface area contributed by atoms with Crippen molar-refractivity contribution >= 4 is 0 Å². The highest BCUT2D eigenvalue weighted by Gasteiger charge is 2.36. The molecule has 0 saturated heterocycles. The molecule has 0 rings (SSSR count). The Kier molecular flexibility index (Phi) is 14.5. The van der Waals surface area contributed by atoms with Crippen LogP contribution in [0.25, 0.3) is 0 Å². The van der Waals surface area contributed by atoms with E-state index < -0.39 is 0 Å². The lowest BCUT2D eigenvalue weighted by atomic mass is 9.90. The summed E-state index contributed by atoms with van der Waals surface area (Å²) in [7, 11) is 0. The largest absolute Gasteiger partial charge is 0.350 e. The lowest BCUT2D eigenvalue weighted by Gasteiger charge is -2.39. The Hall–Kier alpha value is -0.0800. The van der Waals surface area contributed by atoms with Gasteiger partial charge in [0.15, 0.2) is 5.79 Å². The van der Waals surface area contributed by atoms with E-state index in [4.69, 9.17) is 9.47 Å². The van der Waals surface area contributed by atoms with Gasteiger partial charge in [0.2, 0.25) is 0 Å². The zero-order valence-corrected chi connectivity index (χ0v) is 16.1. The second-order valence-corrected chi connectivity index (χ2v) is 6.72. The molecule has 0 aliphatic carbocycles. The number of ether oxygens (including phenoxy) is 2. The molecular weight excluding hydrogens is 272 g/mol. The van der Waals surface area contributed by atoms with Crippen LogP contribution in [-0.2, 0) is 9.47 Å². The van der Waals surface area contributed by atoms with E-state index in [1.165, 1.54) is 44.9 Å². The Labute approximate surface area is 140 Å². The Morgan fingerprint density at radius 1 is 0.682 bits per heavy atom. The molecule has 2 heteroatoms. The summed E-state index contributed by atoms with van der Waals surface area (Å²) in [5, 5.41) is 0. The summed E-state index contributed by atoms with van der Waals surface area (Å²) in [4.78, 5) is 0. The first-order chi connectivity index (χ1) is 10.7. The van der Waals surface area contributed by atoms with Gasteiger partial charge in [-0.3, -0.25) is 0 Å². The lowest BCUT2D eigenvalue weighted by molar-refractivity contribution is -0.269. The molecule has 0 spiro atoms. The molecule has 0 radical (unpaired) electrons. The number of rotatable bonds is 16. The van der Waals surface area contributed by atoms with Crippen LogP contribution in [0.2, 0.25) is 0 Å². The molecular formula is C20H42O2. The fourth-order valence-electron chi connectivity index (χ4n) is 3.07. The molecule has 0 bridgehead atoms. The second kappa shape index (κ2) is 14.5. The van der Waals surface area contributed by atoms with E-state index >= 15 is 0 Å². The molecule has 0 aliphatic rings. The molecule has 0 aromatic carbocycles. The summed E-state index contributed by atoms with van der Waals surface area (Å²) in [5.41, 5.74) is 0. The second-order valence-electron chi connectivity index (χ2n) is 6.72. The molecule has 0 amide bonds. The molecule has 1 unspecified atom stereocenters. The van der Waals surface area contributed by atoms with Crippen LogP contribution in [0.15, 0.2) is 0 Å². The van der Waals surface area contributed by atoms with E-state index in [2.05, 4.69) is 34.6 Å². The average Bonchev–Trinajstić information content (AvgIpc) is 2.53. The van der Waals surface area contributed by atoms with Crippen molar-refractivity contribution in [1.29, 1.82) is 0 Å². The maximum Gasteiger partial charge on any atom is 0.170 e. The van der Waals surface area contributed by atoms with E-state index in [1.807, 2.05) is 0 Å². The summed E-state index contributed by atoms with van der Waals surface area (Å²) in [6.07, 6.45) is 13.6. The topological polar surface area (TPSA) is 18.5 Å². The van der Waals surface area contributed by atoms with E-state index in [1.54, 1.807) is 0 Å². The molecule has 0 aliphatic heterocycles. The number of unbranched alkanes of at least 4 members (excludes halogenated alkanes) is 5. The highest BCUT2D eigenvalue weighted by Crippen LogP contribution is 2.33. The third-order valence-electron chi connectivity index (χ3n) is 4.44. The van der Waals surface area contributed by atoms with Crippen LogP contribution in [0, 0.1) is 5.92 Å². The average molecular weight is 315 g/mol. The van der Waals surface area contributed by atoms with Crippen molar-refractivity contribution in [2.24, 2.45) is 5.92 Å². The maximum absolute atomic E-state index is 6.26. The third-order valence-corrected chi connectivity index (χ3v) is 4.44. The molecule has 0 N–H and O–H groups in total. The molecule has 2 nitrogen and oxygen atoms in total. The van der Waals surface area contributed by atoms with Crippen molar-refractivity contribution in [1.82, 2.24) is 0 Å². The van der Waals surface area contributed by atoms with Gasteiger partial charge in [0.25, 0.3) is 0 Å². The Morgan fingerprint density at radius 3 is 1.73 bits per heavy atom. The van der Waals surface area contributed by atoms with Crippen LogP contribution < -0.4 is 0 Å². The van der Waals surface area contributed by atoms with Gasteiger partial charge in [-0.1, -0.05) is 79.6 Å². The van der Waals surface area contributed by atoms with Crippen molar-refractivity contribution in [3.63, 3.8) is 0 Å². The Balaban J connectivity index is 4.40. The molecule has 1 atom stereocenters. The van der Waals surface area contributed by atoms with Crippen molar-refractivity contribution in [3.05, 3.63) is 0 Å². The van der Waals surface area contributed by atoms with Gasteiger partial charge in [0.05, 0.1) is 0 Å².